The number of hydrogen-bond acceptors (Lipinski definition) is 4. The van der Waals surface area contributed by atoms with E-state index in [2.05, 4.69) is 67.5 Å². The van der Waals surface area contributed by atoms with E-state index in [9.17, 15) is 10.2 Å². The lowest BCUT2D eigenvalue weighted by molar-refractivity contribution is 0.271. The SMILES string of the molecule is CC(C)c1ccc2c(-c3cc(C(C)(C)C)c(O)c(C(C)(C)C)c3)nn(CCO)c2n1. The maximum atomic E-state index is 11.1. The first kappa shape index (κ1) is 22.3. The minimum absolute atomic E-state index is 0.000133. The average molecular weight is 410 g/mol. The number of phenols is 1. The Labute approximate surface area is 179 Å². The number of phenolic OH excluding ortho intramolecular Hbond substituents is 1. The van der Waals surface area contributed by atoms with Crippen LogP contribution in [0.4, 0.5) is 0 Å². The van der Waals surface area contributed by atoms with Gasteiger partial charge in [-0.05, 0) is 41.0 Å². The molecule has 2 aromatic heterocycles. The van der Waals surface area contributed by atoms with Crippen LogP contribution in [0.25, 0.3) is 22.3 Å². The van der Waals surface area contributed by atoms with Gasteiger partial charge in [-0.25, -0.2) is 9.67 Å². The second-order valence-corrected chi connectivity index (χ2v) is 10.5. The van der Waals surface area contributed by atoms with Gasteiger partial charge in [-0.1, -0.05) is 55.4 Å². The van der Waals surface area contributed by atoms with Gasteiger partial charge in [0.05, 0.1) is 13.2 Å². The molecule has 1 aromatic carbocycles. The predicted molar refractivity (Wildman–Crippen MR) is 123 cm³/mol. The molecule has 0 aliphatic rings. The van der Waals surface area contributed by atoms with Crippen molar-refractivity contribution in [2.45, 2.75) is 78.7 Å². The minimum atomic E-state index is -0.216. The summed E-state index contributed by atoms with van der Waals surface area (Å²) in [6.45, 7) is 17.3. The van der Waals surface area contributed by atoms with Crippen molar-refractivity contribution in [3.63, 3.8) is 0 Å². The van der Waals surface area contributed by atoms with Gasteiger partial charge in [-0.2, -0.15) is 5.10 Å². The van der Waals surface area contributed by atoms with Crippen molar-refractivity contribution in [1.29, 1.82) is 0 Å². The largest absolute Gasteiger partial charge is 0.507 e. The molecule has 0 aliphatic carbocycles. The molecule has 0 radical (unpaired) electrons. The molecule has 30 heavy (non-hydrogen) atoms. The first-order valence-corrected chi connectivity index (χ1v) is 10.7. The molecule has 2 N–H and O–H groups in total. The molecule has 2 heterocycles. The van der Waals surface area contributed by atoms with Crippen molar-refractivity contribution in [1.82, 2.24) is 14.8 Å². The lowest BCUT2D eigenvalue weighted by Gasteiger charge is -2.28. The van der Waals surface area contributed by atoms with Gasteiger partial charge in [0.25, 0.3) is 0 Å². The molecular formula is C25H35N3O2. The summed E-state index contributed by atoms with van der Waals surface area (Å²) < 4.78 is 1.79. The van der Waals surface area contributed by atoms with Gasteiger partial charge >= 0.3 is 0 Å². The summed E-state index contributed by atoms with van der Waals surface area (Å²) in [6, 6.07) is 8.23. The maximum absolute atomic E-state index is 11.1. The number of aliphatic hydroxyl groups excluding tert-OH is 1. The van der Waals surface area contributed by atoms with E-state index in [-0.39, 0.29) is 17.4 Å². The van der Waals surface area contributed by atoms with Crippen LogP contribution in [-0.2, 0) is 17.4 Å². The Kier molecular flexibility index (Phi) is 5.72. The van der Waals surface area contributed by atoms with Crippen molar-refractivity contribution in [2.75, 3.05) is 6.61 Å². The molecule has 3 aromatic rings. The second-order valence-electron chi connectivity index (χ2n) is 10.5. The van der Waals surface area contributed by atoms with Crippen LogP contribution in [0.1, 0.15) is 78.1 Å². The molecule has 162 valence electrons. The summed E-state index contributed by atoms with van der Waals surface area (Å²) in [6.07, 6.45) is 0. The van der Waals surface area contributed by atoms with Crippen molar-refractivity contribution in [2.24, 2.45) is 0 Å². The fourth-order valence-electron chi connectivity index (χ4n) is 3.77. The van der Waals surface area contributed by atoms with Gasteiger partial charge in [-0.15, -0.1) is 0 Å². The topological polar surface area (TPSA) is 71.2 Å². The van der Waals surface area contributed by atoms with Gasteiger partial charge in [0, 0.05) is 27.8 Å². The average Bonchev–Trinajstić information content (AvgIpc) is 2.98. The van der Waals surface area contributed by atoms with Crippen LogP contribution in [0.15, 0.2) is 24.3 Å². The maximum Gasteiger partial charge on any atom is 0.158 e. The normalized spacial score (nSPS) is 12.9. The Bertz CT molecular complexity index is 1030. The number of pyridine rings is 1. The summed E-state index contributed by atoms with van der Waals surface area (Å²) in [7, 11) is 0. The van der Waals surface area contributed by atoms with E-state index in [0.717, 1.165) is 39.1 Å². The zero-order chi connectivity index (χ0) is 22.4. The fourth-order valence-corrected chi connectivity index (χ4v) is 3.77. The van der Waals surface area contributed by atoms with Crippen LogP contribution < -0.4 is 0 Å². The quantitative estimate of drug-likeness (QED) is 0.596. The van der Waals surface area contributed by atoms with E-state index in [1.54, 1.807) is 4.68 Å². The smallest absolute Gasteiger partial charge is 0.158 e. The molecule has 0 fully saturated rings. The fraction of sp³-hybridized carbons (Fsp3) is 0.520. The number of aliphatic hydroxyl groups is 1. The van der Waals surface area contributed by atoms with Crippen LogP contribution >= 0.6 is 0 Å². The van der Waals surface area contributed by atoms with Crippen LogP contribution in [0, 0.1) is 0 Å². The Morgan fingerprint density at radius 3 is 2.00 bits per heavy atom. The summed E-state index contributed by atoms with van der Waals surface area (Å²) in [4.78, 5) is 4.84. The van der Waals surface area contributed by atoms with Crippen molar-refractivity contribution < 1.29 is 10.2 Å². The molecule has 3 rings (SSSR count). The van der Waals surface area contributed by atoms with Crippen molar-refractivity contribution >= 4 is 11.0 Å². The van der Waals surface area contributed by atoms with E-state index >= 15 is 0 Å². The summed E-state index contributed by atoms with van der Waals surface area (Å²) in [5.41, 5.74) is 4.96. The van der Waals surface area contributed by atoms with E-state index in [4.69, 9.17) is 10.1 Å². The van der Waals surface area contributed by atoms with E-state index in [1.165, 1.54) is 0 Å². The van der Waals surface area contributed by atoms with Gasteiger partial charge in [-0.3, -0.25) is 0 Å². The van der Waals surface area contributed by atoms with E-state index in [0.29, 0.717) is 18.2 Å². The Balaban J connectivity index is 2.34. The molecule has 5 nitrogen and oxygen atoms in total. The summed E-state index contributed by atoms with van der Waals surface area (Å²) in [5.74, 6) is 0.669. The summed E-state index contributed by atoms with van der Waals surface area (Å²) in [5, 5.41) is 26.4. The van der Waals surface area contributed by atoms with Gasteiger partial charge in [0.1, 0.15) is 11.4 Å². The van der Waals surface area contributed by atoms with Crippen molar-refractivity contribution in [3.05, 3.63) is 41.1 Å². The predicted octanol–water partition coefficient (Wildman–Crippen LogP) is 5.51. The third kappa shape index (κ3) is 4.08. The molecule has 0 saturated heterocycles. The number of fused-ring (bicyclic) bond motifs is 1. The Hall–Kier alpha value is -2.40. The number of rotatable bonds is 4. The monoisotopic (exact) mass is 409 g/mol. The lowest BCUT2D eigenvalue weighted by Crippen LogP contribution is -2.17. The summed E-state index contributed by atoms with van der Waals surface area (Å²) >= 11 is 0. The van der Waals surface area contributed by atoms with Gasteiger partial charge in [0.2, 0.25) is 0 Å². The molecular weight excluding hydrogens is 374 g/mol. The van der Waals surface area contributed by atoms with Crippen LogP contribution in [0.2, 0.25) is 0 Å². The Morgan fingerprint density at radius 1 is 0.967 bits per heavy atom. The molecule has 0 aliphatic heterocycles. The van der Waals surface area contributed by atoms with E-state index in [1.807, 2.05) is 12.1 Å². The van der Waals surface area contributed by atoms with Crippen LogP contribution in [0.5, 0.6) is 5.75 Å². The molecule has 0 amide bonds. The standard InChI is InChI=1S/C25H35N3O2/c1-15(2)20-10-9-17-21(27-28(11-12-29)23(17)26-20)16-13-18(24(3,4)5)22(30)19(14-16)25(6,7)8/h9-10,13-15,29-30H,11-12H2,1-8H3. The third-order valence-electron chi connectivity index (χ3n) is 5.52. The highest BCUT2D eigenvalue weighted by Crippen LogP contribution is 2.42. The zero-order valence-electron chi connectivity index (χ0n) is 19.5. The zero-order valence-corrected chi connectivity index (χ0v) is 19.5. The number of nitrogens with zero attached hydrogens (tertiary/aromatic N) is 3. The third-order valence-corrected chi connectivity index (χ3v) is 5.52. The highest BCUT2D eigenvalue weighted by atomic mass is 16.3. The molecule has 0 atom stereocenters. The number of benzene rings is 1. The highest BCUT2D eigenvalue weighted by Gasteiger charge is 2.28. The molecule has 0 bridgehead atoms. The minimum Gasteiger partial charge on any atom is -0.507 e. The molecule has 0 unspecified atom stereocenters. The first-order valence-electron chi connectivity index (χ1n) is 10.7. The molecule has 0 spiro atoms. The number of aromatic hydroxyl groups is 1. The number of hydrogen-bond donors (Lipinski definition) is 2. The Morgan fingerprint density at radius 2 is 1.53 bits per heavy atom. The first-order chi connectivity index (χ1) is 13.8. The van der Waals surface area contributed by atoms with Crippen molar-refractivity contribution in [3.8, 4) is 17.0 Å². The second kappa shape index (κ2) is 7.69. The molecule has 5 heteroatoms. The molecule has 0 saturated carbocycles. The number of aromatic nitrogens is 3. The van der Waals surface area contributed by atoms with E-state index < -0.39 is 0 Å². The van der Waals surface area contributed by atoms with Crippen LogP contribution in [0.3, 0.4) is 0 Å². The van der Waals surface area contributed by atoms with Gasteiger partial charge in [0.15, 0.2) is 5.65 Å². The van der Waals surface area contributed by atoms with Crippen LogP contribution in [-0.4, -0.2) is 31.6 Å². The lowest BCUT2D eigenvalue weighted by atomic mass is 9.78. The highest BCUT2D eigenvalue weighted by molar-refractivity contribution is 5.92. The van der Waals surface area contributed by atoms with Gasteiger partial charge < -0.3 is 10.2 Å².